The minimum absolute atomic E-state index is 0.0701. The maximum atomic E-state index is 10.6. The lowest BCUT2D eigenvalue weighted by molar-refractivity contribution is 0.109. The molecular weight excluding hydrogens is 879 g/mol. The molecular formula is C62H79N5O4. The van der Waals surface area contributed by atoms with E-state index in [2.05, 4.69) is 177 Å². The molecule has 3 N–H and O–H groups in total. The summed E-state index contributed by atoms with van der Waals surface area (Å²) in [6.45, 7) is 26.3. The molecule has 0 unspecified atom stereocenters. The van der Waals surface area contributed by atoms with Gasteiger partial charge in [0.1, 0.15) is 22.7 Å². The third-order valence-electron chi connectivity index (χ3n) is 15.5. The number of nitrogens with zero attached hydrogens (tertiary/aromatic N) is 4. The molecule has 0 aliphatic heterocycles. The summed E-state index contributed by atoms with van der Waals surface area (Å²) in [5.41, 5.74) is 10.1. The van der Waals surface area contributed by atoms with Crippen LogP contribution >= 0.6 is 0 Å². The average molecular weight is 958 g/mol. The van der Waals surface area contributed by atoms with Crippen molar-refractivity contribution >= 4 is 0 Å². The lowest BCUT2D eigenvalue weighted by Gasteiger charge is -2.34. The zero-order valence-corrected chi connectivity index (χ0v) is 44.1. The van der Waals surface area contributed by atoms with Crippen molar-refractivity contribution in [2.75, 3.05) is 19.8 Å². The second kappa shape index (κ2) is 25.5. The number of aliphatic hydroxyl groups is 2. The third kappa shape index (κ3) is 13.7. The summed E-state index contributed by atoms with van der Waals surface area (Å²) in [4.78, 5) is 3.40. The highest BCUT2D eigenvalue weighted by Crippen LogP contribution is 2.43. The molecule has 1 heterocycles. The van der Waals surface area contributed by atoms with Gasteiger partial charge in [-0.1, -0.05) is 105 Å². The van der Waals surface area contributed by atoms with Crippen molar-refractivity contribution in [3.8, 4) is 35.2 Å². The van der Waals surface area contributed by atoms with E-state index in [9.17, 15) is 10.2 Å². The first-order valence-corrected chi connectivity index (χ1v) is 26.5. The van der Waals surface area contributed by atoms with Crippen LogP contribution in [0.5, 0.6) is 11.5 Å². The summed E-state index contributed by atoms with van der Waals surface area (Å²) in [6, 6.07) is 26.5. The molecule has 0 radical (unpaired) electrons. The molecule has 2 fully saturated rings. The van der Waals surface area contributed by atoms with E-state index in [1.807, 2.05) is 0 Å². The highest BCUT2D eigenvalue weighted by atomic mass is 16.5. The largest absolute Gasteiger partial charge is 0.493 e. The Bertz CT molecular complexity index is 2670. The molecule has 4 aromatic carbocycles. The monoisotopic (exact) mass is 958 g/mol. The van der Waals surface area contributed by atoms with Gasteiger partial charge in [0.05, 0.1) is 13.2 Å². The molecule has 9 heteroatoms. The van der Waals surface area contributed by atoms with Crippen LogP contribution < -0.4 is 9.47 Å². The Labute approximate surface area is 425 Å². The minimum Gasteiger partial charge on any atom is -0.493 e. The summed E-state index contributed by atoms with van der Waals surface area (Å²) in [5, 5.41) is 35.3. The van der Waals surface area contributed by atoms with Crippen LogP contribution in [-0.2, 0) is 17.3 Å². The van der Waals surface area contributed by atoms with Crippen LogP contribution in [-0.4, -0.2) is 61.8 Å². The number of hydrogen-bond acceptors (Lipinski definition) is 7. The fourth-order valence-electron chi connectivity index (χ4n) is 10.8. The molecule has 0 bridgehead atoms. The highest BCUT2D eigenvalue weighted by Gasteiger charge is 2.34. The van der Waals surface area contributed by atoms with Crippen LogP contribution in [0.2, 0.25) is 0 Å². The predicted octanol–water partition coefficient (Wildman–Crippen LogP) is 13.1. The Morgan fingerprint density at radius 1 is 0.592 bits per heavy atom. The van der Waals surface area contributed by atoms with E-state index < -0.39 is 11.2 Å². The van der Waals surface area contributed by atoms with Gasteiger partial charge in [0.15, 0.2) is 5.82 Å². The number of tetrazole rings is 1. The fourth-order valence-corrected chi connectivity index (χ4v) is 10.8. The number of unbranched alkanes of at least 4 members (excludes halogenated alkanes) is 2. The Balaban J connectivity index is 0.000000233. The van der Waals surface area contributed by atoms with E-state index >= 15 is 0 Å². The van der Waals surface area contributed by atoms with Crippen molar-refractivity contribution in [1.29, 1.82) is 0 Å². The lowest BCUT2D eigenvalue weighted by atomic mass is 9.70. The van der Waals surface area contributed by atoms with Crippen molar-refractivity contribution < 1.29 is 19.7 Å². The molecule has 9 nitrogen and oxygen atoms in total. The standard InChI is InChI=1S/C31H40N4O2.C31H39NO2/c1-5-31(6-2,26-13-12-25(23(3)21-26)16-19-30(36)17-8-9-18-30)27-14-15-28(24(4)22-27)37-20-10-7-11-29-32-34-35-33-29;1-6-31(7-2,28-14-15-29(25(4)23-28)34-21-11-10-20-32-5)27-13-12-26(24(3)22-27)16-19-30(33)17-8-9-18-30/h12-15,21-22,36H,5-11,17-18,20H2,1-4H3,(H,32,33,34,35);12-15,22-23,33H,6-11,17-18,20-21H2,1-4H3. The van der Waals surface area contributed by atoms with Crippen molar-refractivity contribution in [3.05, 3.63) is 146 Å². The molecule has 2 saturated carbocycles. The summed E-state index contributed by atoms with van der Waals surface area (Å²) in [6.07, 6.45) is 15.9. The van der Waals surface area contributed by atoms with Crippen LogP contribution in [0, 0.1) is 57.9 Å². The summed E-state index contributed by atoms with van der Waals surface area (Å²) < 4.78 is 12.1. The normalized spacial score (nSPS) is 14.8. The smallest absolute Gasteiger partial charge is 0.214 e. The van der Waals surface area contributed by atoms with Gasteiger partial charge in [-0.3, -0.25) is 0 Å². The van der Waals surface area contributed by atoms with E-state index in [0.29, 0.717) is 19.8 Å². The van der Waals surface area contributed by atoms with E-state index in [4.69, 9.17) is 16.0 Å². The van der Waals surface area contributed by atoms with Crippen LogP contribution in [0.15, 0.2) is 72.8 Å². The first kappa shape index (κ1) is 54.4. The fraction of sp³-hybridized carbons (Fsp3) is 0.516. The van der Waals surface area contributed by atoms with Crippen LogP contribution in [0.3, 0.4) is 0 Å². The van der Waals surface area contributed by atoms with Crippen LogP contribution in [0.25, 0.3) is 4.85 Å². The molecule has 2 aliphatic carbocycles. The van der Waals surface area contributed by atoms with Gasteiger partial charge in [-0.15, -0.1) is 10.2 Å². The average Bonchev–Trinajstić information content (AvgIpc) is 4.17. The molecule has 0 saturated heterocycles. The summed E-state index contributed by atoms with van der Waals surface area (Å²) in [7, 11) is 0. The van der Waals surface area contributed by atoms with Crippen molar-refractivity contribution in [1.82, 2.24) is 20.6 Å². The lowest BCUT2D eigenvalue weighted by Crippen LogP contribution is -2.26. The molecule has 0 amide bonds. The number of rotatable bonds is 19. The number of aryl methyl sites for hydroxylation is 5. The van der Waals surface area contributed by atoms with E-state index in [0.717, 1.165) is 160 Å². The first-order chi connectivity index (χ1) is 34.3. The maximum absolute atomic E-state index is 10.6. The van der Waals surface area contributed by atoms with Crippen molar-refractivity contribution in [3.63, 3.8) is 0 Å². The number of nitrogens with one attached hydrogen (secondary N) is 1. The van der Waals surface area contributed by atoms with E-state index in [1.54, 1.807) is 0 Å². The molecule has 5 aromatic rings. The minimum atomic E-state index is -0.808. The molecule has 376 valence electrons. The summed E-state index contributed by atoms with van der Waals surface area (Å²) in [5.74, 6) is 15.5. The van der Waals surface area contributed by atoms with Gasteiger partial charge in [0.25, 0.3) is 0 Å². The number of ether oxygens (including phenoxy) is 2. The summed E-state index contributed by atoms with van der Waals surface area (Å²) >= 11 is 0. The number of aromatic amines is 1. The Hall–Kier alpha value is -5.92. The molecule has 71 heavy (non-hydrogen) atoms. The number of H-pyrrole nitrogens is 1. The van der Waals surface area contributed by atoms with Gasteiger partial charge < -0.3 is 24.5 Å². The van der Waals surface area contributed by atoms with Crippen LogP contribution in [0.1, 0.15) is 192 Å². The van der Waals surface area contributed by atoms with Gasteiger partial charge in [0, 0.05) is 34.8 Å². The topological polar surface area (TPSA) is 118 Å². The van der Waals surface area contributed by atoms with Gasteiger partial charge in [-0.05, 0) is 193 Å². The second-order valence-electron chi connectivity index (χ2n) is 20.1. The molecule has 0 spiro atoms. The van der Waals surface area contributed by atoms with Gasteiger partial charge in [-0.2, -0.15) is 5.21 Å². The third-order valence-corrected chi connectivity index (χ3v) is 15.5. The van der Waals surface area contributed by atoms with Crippen LogP contribution in [0.4, 0.5) is 0 Å². The predicted molar refractivity (Wildman–Crippen MR) is 287 cm³/mol. The number of aromatic nitrogens is 4. The number of benzene rings is 4. The zero-order valence-electron chi connectivity index (χ0n) is 44.1. The first-order valence-electron chi connectivity index (χ1n) is 26.5. The van der Waals surface area contributed by atoms with E-state index in [1.165, 1.54) is 22.3 Å². The molecule has 2 aliphatic rings. The Kier molecular flexibility index (Phi) is 19.5. The van der Waals surface area contributed by atoms with Crippen molar-refractivity contribution in [2.24, 2.45) is 0 Å². The SMILES string of the molecule is CCC(CC)(c1ccc(C#CC2(O)CCCC2)c(C)c1)c1ccc(OCCCCc2nn[nH]n2)c(C)c1.[C-]#[N+]CCCCOc1ccc(C(CC)(CC)c2ccc(C#CC3(O)CCCC3)c(C)c2)cc1C. The second-order valence-corrected chi connectivity index (χ2v) is 20.1. The van der Waals surface area contributed by atoms with Gasteiger partial charge in [0.2, 0.25) is 6.54 Å². The highest BCUT2D eigenvalue weighted by molar-refractivity contribution is 5.52. The van der Waals surface area contributed by atoms with Gasteiger partial charge >= 0.3 is 0 Å². The Morgan fingerprint density at radius 2 is 1.00 bits per heavy atom. The number of hydrogen-bond donors (Lipinski definition) is 3. The zero-order chi connectivity index (χ0) is 50.9. The molecule has 0 atom stereocenters. The quantitative estimate of drug-likeness (QED) is 0.0429. The maximum Gasteiger partial charge on any atom is 0.214 e. The van der Waals surface area contributed by atoms with Gasteiger partial charge in [-0.25, -0.2) is 6.57 Å². The van der Waals surface area contributed by atoms with Crippen molar-refractivity contribution in [2.45, 2.75) is 187 Å². The van der Waals surface area contributed by atoms with E-state index in [-0.39, 0.29) is 10.8 Å². The molecule has 1 aromatic heterocycles. The Morgan fingerprint density at radius 3 is 1.37 bits per heavy atom. The molecule has 7 rings (SSSR count).